The van der Waals surface area contributed by atoms with Crippen molar-refractivity contribution in [3.63, 3.8) is 0 Å². The summed E-state index contributed by atoms with van der Waals surface area (Å²) in [7, 11) is -1.98. The van der Waals surface area contributed by atoms with Crippen LogP contribution in [0.4, 0.5) is 11.4 Å². The average Bonchev–Trinajstić information content (AvgIpc) is 2.81. The number of rotatable bonds is 6. The molecule has 0 radical (unpaired) electrons. The van der Waals surface area contributed by atoms with Gasteiger partial charge in [0, 0.05) is 23.8 Å². The minimum Gasteiger partial charge on any atom is -0.482 e. The van der Waals surface area contributed by atoms with Crippen LogP contribution in [0.3, 0.4) is 0 Å². The van der Waals surface area contributed by atoms with E-state index in [1.165, 1.54) is 21.3 Å². The number of carbonyl (C=O) groups excluding carboxylic acids is 2. The lowest BCUT2D eigenvalue weighted by Gasteiger charge is -2.30. The summed E-state index contributed by atoms with van der Waals surface area (Å²) in [6.45, 7) is -0.386. The lowest BCUT2D eigenvalue weighted by atomic mass is 9.96. The van der Waals surface area contributed by atoms with Crippen LogP contribution in [0.25, 0.3) is 0 Å². The van der Waals surface area contributed by atoms with Crippen LogP contribution in [-0.2, 0) is 19.6 Å². The fraction of sp³-hybridized carbons (Fsp3) is 0.391. The van der Waals surface area contributed by atoms with Gasteiger partial charge in [0.2, 0.25) is 15.9 Å². The largest absolute Gasteiger partial charge is 0.482 e. The Morgan fingerprint density at radius 1 is 1.15 bits per heavy atom. The Morgan fingerprint density at radius 2 is 1.85 bits per heavy atom. The number of hydrogen-bond acceptors (Lipinski definition) is 5. The molecule has 1 fully saturated rings. The number of hydrogen-bond donors (Lipinski definition) is 1. The van der Waals surface area contributed by atoms with Crippen molar-refractivity contribution in [3.8, 4) is 5.75 Å². The Morgan fingerprint density at radius 3 is 2.55 bits per heavy atom. The van der Waals surface area contributed by atoms with E-state index in [1.54, 1.807) is 37.4 Å². The minimum absolute atomic E-state index is 0.0190. The molecule has 4 rings (SSSR count). The van der Waals surface area contributed by atoms with Crippen LogP contribution >= 0.6 is 11.6 Å². The van der Waals surface area contributed by atoms with Crippen LogP contribution in [-0.4, -0.2) is 50.8 Å². The topological polar surface area (TPSA) is 96.0 Å². The molecule has 0 atom stereocenters. The number of fused-ring (bicyclic) bond motifs is 1. The predicted molar refractivity (Wildman–Crippen MR) is 126 cm³/mol. The lowest BCUT2D eigenvalue weighted by molar-refractivity contribution is -0.123. The molecule has 1 aliphatic carbocycles. The second-order valence-electron chi connectivity index (χ2n) is 8.27. The Balaban J connectivity index is 1.43. The number of sulfonamides is 1. The summed E-state index contributed by atoms with van der Waals surface area (Å²) in [6, 6.07) is 11.0. The molecule has 1 aliphatic heterocycles. The van der Waals surface area contributed by atoms with E-state index in [0.717, 1.165) is 32.1 Å². The van der Waals surface area contributed by atoms with Crippen molar-refractivity contribution in [2.45, 2.75) is 43.0 Å². The third-order valence-corrected chi connectivity index (χ3v) is 8.23. The molecule has 0 unspecified atom stereocenters. The van der Waals surface area contributed by atoms with Crippen molar-refractivity contribution >= 4 is 44.8 Å². The van der Waals surface area contributed by atoms with E-state index in [4.69, 9.17) is 16.3 Å². The summed E-state index contributed by atoms with van der Waals surface area (Å²) in [5, 5.41) is 3.13. The van der Waals surface area contributed by atoms with E-state index in [9.17, 15) is 18.0 Å². The Bertz CT molecular complexity index is 1150. The molecule has 0 spiro atoms. The summed E-state index contributed by atoms with van der Waals surface area (Å²) in [5.41, 5.74) is 0.868. The third-order valence-electron chi connectivity index (χ3n) is 6.07. The van der Waals surface area contributed by atoms with Gasteiger partial charge in [-0.1, -0.05) is 30.9 Å². The summed E-state index contributed by atoms with van der Waals surface area (Å²) in [4.78, 5) is 26.4. The number of benzene rings is 2. The van der Waals surface area contributed by atoms with Gasteiger partial charge in [-0.25, -0.2) is 8.42 Å². The first-order chi connectivity index (χ1) is 15.8. The van der Waals surface area contributed by atoms with Gasteiger partial charge in [-0.3, -0.25) is 14.5 Å². The van der Waals surface area contributed by atoms with Crippen molar-refractivity contribution in [1.29, 1.82) is 0 Å². The number of nitrogens with one attached hydrogen (secondary N) is 1. The molecule has 2 amide bonds. The molecule has 2 aromatic rings. The maximum Gasteiger partial charge on any atom is 0.265 e. The van der Waals surface area contributed by atoms with Crippen molar-refractivity contribution < 1.29 is 22.7 Å². The van der Waals surface area contributed by atoms with E-state index in [1.807, 2.05) is 0 Å². The molecule has 2 aliphatic rings. The Hall–Kier alpha value is -2.62. The first-order valence-electron chi connectivity index (χ1n) is 10.9. The molecule has 176 valence electrons. The van der Waals surface area contributed by atoms with Crippen molar-refractivity contribution in [2.75, 3.05) is 30.4 Å². The number of carbonyl (C=O) groups is 2. The summed E-state index contributed by atoms with van der Waals surface area (Å²) >= 11 is 6.03. The molecule has 2 aromatic carbocycles. The fourth-order valence-electron chi connectivity index (χ4n) is 4.21. The Labute approximate surface area is 198 Å². The fourth-order valence-corrected chi connectivity index (χ4v) is 5.79. The van der Waals surface area contributed by atoms with Crippen LogP contribution < -0.4 is 15.0 Å². The standard InChI is InChI=1S/C23H26ClN3O5S/c1-26(18-5-3-2-4-6-18)33(30,31)19-10-8-17(9-11-19)25-22(28)14-27-20-13-16(24)7-12-21(20)32-15-23(27)29/h7-13,18H,2-6,14-15H2,1H3,(H,25,28). The van der Waals surface area contributed by atoms with Gasteiger partial charge < -0.3 is 10.1 Å². The molecule has 33 heavy (non-hydrogen) atoms. The minimum atomic E-state index is -3.61. The number of nitrogens with zero attached hydrogens (tertiary/aromatic N) is 2. The normalized spacial score (nSPS) is 16.9. The highest BCUT2D eigenvalue weighted by molar-refractivity contribution is 7.89. The van der Waals surface area contributed by atoms with Gasteiger partial charge in [-0.2, -0.15) is 4.31 Å². The van der Waals surface area contributed by atoms with Gasteiger partial charge in [0.25, 0.3) is 5.91 Å². The molecule has 10 heteroatoms. The molecule has 0 saturated heterocycles. The van der Waals surface area contributed by atoms with E-state index < -0.39 is 15.9 Å². The molecule has 1 saturated carbocycles. The second-order valence-corrected chi connectivity index (χ2v) is 10.7. The van der Waals surface area contributed by atoms with Crippen molar-refractivity contribution in [2.24, 2.45) is 0 Å². The molecule has 8 nitrogen and oxygen atoms in total. The molecular weight excluding hydrogens is 466 g/mol. The van der Waals surface area contributed by atoms with Crippen molar-refractivity contribution in [1.82, 2.24) is 4.31 Å². The SMILES string of the molecule is CN(C1CCCCC1)S(=O)(=O)c1ccc(NC(=O)CN2C(=O)COc3ccc(Cl)cc32)cc1. The van der Waals surface area contributed by atoms with E-state index in [0.29, 0.717) is 22.1 Å². The van der Waals surface area contributed by atoms with Crippen LogP contribution in [0.1, 0.15) is 32.1 Å². The van der Waals surface area contributed by atoms with E-state index >= 15 is 0 Å². The first kappa shape index (κ1) is 23.5. The van der Waals surface area contributed by atoms with Gasteiger partial charge >= 0.3 is 0 Å². The van der Waals surface area contributed by atoms with Crippen LogP contribution in [0.5, 0.6) is 5.75 Å². The monoisotopic (exact) mass is 491 g/mol. The smallest absolute Gasteiger partial charge is 0.265 e. The predicted octanol–water partition coefficient (Wildman–Crippen LogP) is 3.66. The highest BCUT2D eigenvalue weighted by Gasteiger charge is 2.30. The summed E-state index contributed by atoms with van der Waals surface area (Å²) in [5.74, 6) is -0.304. The third kappa shape index (κ3) is 5.15. The zero-order valence-electron chi connectivity index (χ0n) is 18.3. The molecule has 1 heterocycles. The highest BCUT2D eigenvalue weighted by atomic mass is 35.5. The zero-order valence-corrected chi connectivity index (χ0v) is 19.9. The molecular formula is C23H26ClN3O5S. The van der Waals surface area contributed by atoms with E-state index in [2.05, 4.69) is 5.32 Å². The highest BCUT2D eigenvalue weighted by Crippen LogP contribution is 2.34. The average molecular weight is 492 g/mol. The zero-order chi connectivity index (χ0) is 23.6. The summed E-state index contributed by atoms with van der Waals surface area (Å²) < 4.78 is 32.8. The van der Waals surface area contributed by atoms with Gasteiger partial charge in [-0.15, -0.1) is 0 Å². The van der Waals surface area contributed by atoms with Crippen LogP contribution in [0.2, 0.25) is 5.02 Å². The number of ether oxygens (including phenoxy) is 1. The molecule has 1 N–H and O–H groups in total. The number of halogens is 1. The molecule has 0 aromatic heterocycles. The van der Waals surface area contributed by atoms with Gasteiger partial charge in [0.05, 0.1) is 10.6 Å². The van der Waals surface area contributed by atoms with Crippen molar-refractivity contribution in [3.05, 3.63) is 47.5 Å². The lowest BCUT2D eigenvalue weighted by Crippen LogP contribution is -2.43. The number of anilines is 2. The van der Waals surface area contributed by atoms with Gasteiger partial charge in [0.15, 0.2) is 6.61 Å². The molecule has 0 bridgehead atoms. The van der Waals surface area contributed by atoms with Crippen LogP contribution in [0.15, 0.2) is 47.4 Å². The Kier molecular flexibility index (Phi) is 6.92. The quantitative estimate of drug-likeness (QED) is 0.665. The van der Waals surface area contributed by atoms with Crippen LogP contribution in [0, 0.1) is 0 Å². The van der Waals surface area contributed by atoms with Gasteiger partial charge in [0.1, 0.15) is 12.3 Å². The maximum absolute atomic E-state index is 13.0. The maximum atomic E-state index is 13.0. The number of amides is 2. The summed E-state index contributed by atoms with van der Waals surface area (Å²) in [6.07, 6.45) is 4.97. The second kappa shape index (κ2) is 9.70. The van der Waals surface area contributed by atoms with E-state index in [-0.39, 0.29) is 30.0 Å². The first-order valence-corrected chi connectivity index (χ1v) is 12.7. The van der Waals surface area contributed by atoms with Gasteiger partial charge in [-0.05, 0) is 55.3 Å².